The molecule has 1 unspecified atom stereocenters. The molecule has 0 aliphatic rings. The van der Waals surface area contributed by atoms with Crippen molar-refractivity contribution in [3.63, 3.8) is 0 Å². The van der Waals surface area contributed by atoms with Crippen LogP contribution in [0.3, 0.4) is 0 Å². The van der Waals surface area contributed by atoms with Crippen LogP contribution in [-0.2, 0) is 14.3 Å². The zero-order valence-corrected chi connectivity index (χ0v) is 8.03. The molecule has 0 spiro atoms. The summed E-state index contributed by atoms with van der Waals surface area (Å²) in [5, 5.41) is 9.30. The van der Waals surface area contributed by atoms with Crippen LogP contribution in [0.5, 0.6) is 0 Å². The molecule has 5 heteroatoms. The minimum absolute atomic E-state index is 0.0353. The molecule has 0 saturated carbocycles. The zero-order chi connectivity index (χ0) is 10.6. The van der Waals surface area contributed by atoms with Crippen molar-refractivity contribution in [1.29, 1.82) is 0 Å². The smallest absolute Gasteiger partial charge is 0.302 e. The summed E-state index contributed by atoms with van der Waals surface area (Å²) in [5.74, 6) is -1.28. The summed E-state index contributed by atoms with van der Waals surface area (Å²) in [7, 11) is 0. The molecule has 0 aromatic rings. The third kappa shape index (κ3) is 3.89. The number of primary amides is 1. The number of aliphatic hydroxyl groups excluding tert-OH is 1. The lowest BCUT2D eigenvalue weighted by molar-refractivity contribution is -0.150. The average molecular weight is 189 g/mol. The second kappa shape index (κ2) is 4.23. The molecule has 0 rings (SSSR count). The van der Waals surface area contributed by atoms with Crippen LogP contribution in [0, 0.1) is 5.41 Å². The Hall–Kier alpha value is -1.10. The number of carbonyl (C=O) groups excluding carboxylic acids is 2. The predicted molar refractivity (Wildman–Crippen MR) is 45.6 cm³/mol. The number of aliphatic hydroxyl groups is 1. The molecule has 13 heavy (non-hydrogen) atoms. The first-order valence-corrected chi connectivity index (χ1v) is 3.88. The van der Waals surface area contributed by atoms with E-state index < -0.39 is 23.4 Å². The van der Waals surface area contributed by atoms with Crippen molar-refractivity contribution in [2.45, 2.75) is 26.9 Å². The topological polar surface area (TPSA) is 89.6 Å². The molecule has 0 aliphatic heterocycles. The van der Waals surface area contributed by atoms with Gasteiger partial charge in [0.1, 0.15) is 6.10 Å². The predicted octanol–water partition coefficient (Wildman–Crippen LogP) is -0.578. The van der Waals surface area contributed by atoms with Gasteiger partial charge in [-0.15, -0.1) is 0 Å². The first-order chi connectivity index (χ1) is 5.77. The summed E-state index contributed by atoms with van der Waals surface area (Å²) >= 11 is 0. The molecule has 76 valence electrons. The maximum Gasteiger partial charge on any atom is 0.302 e. The largest absolute Gasteiger partial charge is 0.465 e. The Kier molecular flexibility index (Phi) is 3.87. The highest BCUT2D eigenvalue weighted by molar-refractivity contribution is 5.79. The van der Waals surface area contributed by atoms with E-state index in [0.717, 1.165) is 0 Å². The van der Waals surface area contributed by atoms with Crippen molar-refractivity contribution in [3.05, 3.63) is 0 Å². The number of carbonyl (C=O) groups is 2. The molecule has 0 aromatic carbocycles. The maximum absolute atomic E-state index is 10.6. The van der Waals surface area contributed by atoms with Crippen LogP contribution >= 0.6 is 0 Å². The minimum atomic E-state index is -1.31. The highest BCUT2D eigenvalue weighted by atomic mass is 16.5. The SMILES string of the molecule is CC(=O)OCC(C)(C)C(O)C(N)=O. The first-order valence-electron chi connectivity index (χ1n) is 3.88. The molecule has 1 amide bonds. The standard InChI is InChI=1S/C8H15NO4/c1-5(10)13-4-8(2,3)6(11)7(9)12/h6,11H,4H2,1-3H3,(H2,9,12). The summed E-state index contributed by atoms with van der Waals surface area (Å²) in [6.07, 6.45) is -1.31. The molecule has 0 fully saturated rings. The van der Waals surface area contributed by atoms with Gasteiger partial charge in [0.25, 0.3) is 0 Å². The van der Waals surface area contributed by atoms with Gasteiger partial charge in [0, 0.05) is 12.3 Å². The van der Waals surface area contributed by atoms with Gasteiger partial charge < -0.3 is 15.6 Å². The Bertz CT molecular complexity index is 212. The van der Waals surface area contributed by atoms with Crippen LogP contribution < -0.4 is 5.73 Å². The minimum Gasteiger partial charge on any atom is -0.465 e. The molecule has 0 saturated heterocycles. The van der Waals surface area contributed by atoms with E-state index >= 15 is 0 Å². The quantitative estimate of drug-likeness (QED) is 0.579. The summed E-state index contributed by atoms with van der Waals surface area (Å²) in [6, 6.07) is 0. The average Bonchev–Trinajstić information content (AvgIpc) is 1.99. The third-order valence-corrected chi connectivity index (χ3v) is 1.66. The molecule has 0 bridgehead atoms. The number of nitrogens with two attached hydrogens (primary N) is 1. The van der Waals surface area contributed by atoms with Gasteiger partial charge in [-0.05, 0) is 0 Å². The second-order valence-electron chi connectivity index (χ2n) is 3.57. The fourth-order valence-corrected chi connectivity index (χ4v) is 0.752. The monoisotopic (exact) mass is 189 g/mol. The van der Waals surface area contributed by atoms with Crippen LogP contribution in [0.1, 0.15) is 20.8 Å². The van der Waals surface area contributed by atoms with E-state index in [9.17, 15) is 14.7 Å². The van der Waals surface area contributed by atoms with Crippen molar-refractivity contribution < 1.29 is 19.4 Å². The van der Waals surface area contributed by atoms with Crippen LogP contribution in [-0.4, -0.2) is 29.7 Å². The van der Waals surface area contributed by atoms with Crippen LogP contribution in [0.2, 0.25) is 0 Å². The number of hydrogen-bond donors (Lipinski definition) is 2. The molecular weight excluding hydrogens is 174 g/mol. The summed E-state index contributed by atoms with van der Waals surface area (Å²) in [4.78, 5) is 21.1. The normalized spacial score (nSPS) is 13.5. The number of esters is 1. The first kappa shape index (κ1) is 11.9. The number of rotatable bonds is 4. The van der Waals surface area contributed by atoms with Crippen LogP contribution in [0.15, 0.2) is 0 Å². The maximum atomic E-state index is 10.6. The fourth-order valence-electron chi connectivity index (χ4n) is 0.752. The highest BCUT2D eigenvalue weighted by Gasteiger charge is 2.33. The lowest BCUT2D eigenvalue weighted by Crippen LogP contribution is -2.43. The van der Waals surface area contributed by atoms with Gasteiger partial charge in [-0.1, -0.05) is 13.8 Å². The van der Waals surface area contributed by atoms with Gasteiger partial charge in [0.2, 0.25) is 5.91 Å². The van der Waals surface area contributed by atoms with E-state index in [1.807, 2.05) is 0 Å². The van der Waals surface area contributed by atoms with Crippen LogP contribution in [0.25, 0.3) is 0 Å². The summed E-state index contributed by atoms with van der Waals surface area (Å²) in [5.41, 5.74) is 4.05. The zero-order valence-electron chi connectivity index (χ0n) is 8.03. The van der Waals surface area contributed by atoms with E-state index in [1.54, 1.807) is 13.8 Å². The molecule has 0 aromatic heterocycles. The molecule has 0 radical (unpaired) electrons. The van der Waals surface area contributed by atoms with Gasteiger partial charge in [0.05, 0.1) is 6.61 Å². The Labute approximate surface area is 76.9 Å². The lowest BCUT2D eigenvalue weighted by Gasteiger charge is -2.27. The number of ether oxygens (including phenoxy) is 1. The van der Waals surface area contributed by atoms with Gasteiger partial charge in [-0.3, -0.25) is 9.59 Å². The van der Waals surface area contributed by atoms with Crippen molar-refractivity contribution in [3.8, 4) is 0 Å². The van der Waals surface area contributed by atoms with Crippen molar-refractivity contribution in [2.24, 2.45) is 11.1 Å². The number of amides is 1. The van der Waals surface area contributed by atoms with Crippen molar-refractivity contribution in [1.82, 2.24) is 0 Å². The Morgan fingerprint density at radius 3 is 2.31 bits per heavy atom. The number of hydrogen-bond acceptors (Lipinski definition) is 4. The summed E-state index contributed by atoms with van der Waals surface area (Å²) < 4.78 is 4.67. The van der Waals surface area contributed by atoms with Gasteiger partial charge in [-0.25, -0.2) is 0 Å². The Morgan fingerprint density at radius 1 is 1.54 bits per heavy atom. The van der Waals surface area contributed by atoms with Gasteiger partial charge in [0.15, 0.2) is 0 Å². The Balaban J connectivity index is 4.21. The highest BCUT2D eigenvalue weighted by Crippen LogP contribution is 2.20. The third-order valence-electron chi connectivity index (χ3n) is 1.66. The van der Waals surface area contributed by atoms with Crippen molar-refractivity contribution in [2.75, 3.05) is 6.61 Å². The van der Waals surface area contributed by atoms with E-state index in [2.05, 4.69) is 4.74 Å². The second-order valence-corrected chi connectivity index (χ2v) is 3.57. The molecule has 1 atom stereocenters. The summed E-state index contributed by atoms with van der Waals surface area (Å²) in [6.45, 7) is 4.40. The van der Waals surface area contributed by atoms with E-state index in [1.165, 1.54) is 6.92 Å². The van der Waals surface area contributed by atoms with E-state index in [-0.39, 0.29) is 6.61 Å². The van der Waals surface area contributed by atoms with E-state index in [0.29, 0.717) is 0 Å². The fraction of sp³-hybridized carbons (Fsp3) is 0.750. The van der Waals surface area contributed by atoms with E-state index in [4.69, 9.17) is 5.73 Å². The molecule has 0 aliphatic carbocycles. The van der Waals surface area contributed by atoms with Crippen molar-refractivity contribution >= 4 is 11.9 Å². The molecule has 0 heterocycles. The van der Waals surface area contributed by atoms with Crippen LogP contribution in [0.4, 0.5) is 0 Å². The molecule has 3 N–H and O–H groups in total. The molecule has 5 nitrogen and oxygen atoms in total. The molecular formula is C8H15NO4. The Morgan fingerprint density at radius 2 is 2.00 bits per heavy atom. The van der Waals surface area contributed by atoms with Gasteiger partial charge >= 0.3 is 5.97 Å². The van der Waals surface area contributed by atoms with Gasteiger partial charge in [-0.2, -0.15) is 0 Å². The lowest BCUT2D eigenvalue weighted by atomic mass is 9.87.